The first-order chi connectivity index (χ1) is 23.0. The van der Waals surface area contributed by atoms with Crippen molar-refractivity contribution >= 4 is 17.8 Å². The van der Waals surface area contributed by atoms with Crippen molar-refractivity contribution in [3.63, 3.8) is 0 Å². The zero-order valence-electron chi connectivity index (χ0n) is 27.0. The Balaban J connectivity index is 2.09. The van der Waals surface area contributed by atoms with Gasteiger partial charge in [0.2, 0.25) is 11.8 Å². The van der Waals surface area contributed by atoms with Crippen LogP contribution in [0.5, 0.6) is 0 Å². The third kappa shape index (κ3) is 24.0. The van der Waals surface area contributed by atoms with E-state index in [9.17, 15) is 14.4 Å². The molecule has 1 rings (SSSR count). The van der Waals surface area contributed by atoms with Crippen LogP contribution in [-0.2, 0) is 44.7 Å². The van der Waals surface area contributed by atoms with Gasteiger partial charge >= 0.3 is 5.97 Å². The van der Waals surface area contributed by atoms with Crippen molar-refractivity contribution in [2.45, 2.75) is 63.6 Å². The average molecular weight is 664 g/mol. The number of azide groups is 2. The van der Waals surface area contributed by atoms with Crippen molar-refractivity contribution < 1.29 is 38.1 Å². The van der Waals surface area contributed by atoms with Crippen LogP contribution in [0.25, 0.3) is 20.9 Å². The molecule has 0 aliphatic heterocycles. The SMILES string of the molecule is [N-]=[N+]=NCCCC[C@H](NC(=O)[C@@H](N)CCCCN=[N+]=[N-])C(=O)NCCOCCOCCOCCOCCC(=O)OCc1ccccc1. The molecule has 262 valence electrons. The summed E-state index contributed by atoms with van der Waals surface area (Å²) < 4.78 is 27.0. The molecule has 2 amide bonds. The minimum Gasteiger partial charge on any atom is -0.461 e. The van der Waals surface area contributed by atoms with Gasteiger partial charge in [0, 0.05) is 29.5 Å². The van der Waals surface area contributed by atoms with E-state index in [1.807, 2.05) is 30.3 Å². The van der Waals surface area contributed by atoms with E-state index < -0.39 is 18.0 Å². The van der Waals surface area contributed by atoms with E-state index >= 15 is 0 Å². The van der Waals surface area contributed by atoms with E-state index in [1.54, 1.807) is 0 Å². The molecule has 0 heterocycles. The minimum absolute atomic E-state index is 0.175. The molecule has 1 aromatic carbocycles. The van der Waals surface area contributed by atoms with Gasteiger partial charge in [-0.3, -0.25) is 14.4 Å². The summed E-state index contributed by atoms with van der Waals surface area (Å²) >= 11 is 0. The summed E-state index contributed by atoms with van der Waals surface area (Å²) in [6, 6.07) is 7.88. The van der Waals surface area contributed by atoms with Crippen LogP contribution < -0.4 is 16.4 Å². The van der Waals surface area contributed by atoms with Gasteiger partial charge in [0.15, 0.2) is 0 Å². The van der Waals surface area contributed by atoms with E-state index in [0.29, 0.717) is 91.3 Å². The van der Waals surface area contributed by atoms with Gasteiger partial charge in [0.05, 0.1) is 65.3 Å². The van der Waals surface area contributed by atoms with Crippen molar-refractivity contribution in [2.75, 3.05) is 72.5 Å². The molecule has 0 spiro atoms. The Morgan fingerprint density at radius 3 is 1.89 bits per heavy atom. The van der Waals surface area contributed by atoms with Gasteiger partial charge in [-0.05, 0) is 42.3 Å². The van der Waals surface area contributed by atoms with Crippen LogP contribution in [0.15, 0.2) is 40.6 Å². The van der Waals surface area contributed by atoms with Crippen molar-refractivity contribution in [3.8, 4) is 0 Å². The summed E-state index contributed by atoms with van der Waals surface area (Å²) in [5.74, 6) is -1.11. The topological polar surface area (TPSA) is 245 Å². The van der Waals surface area contributed by atoms with Crippen LogP contribution in [0.2, 0.25) is 0 Å². The second-order valence-corrected chi connectivity index (χ2v) is 10.2. The Hall–Kier alpha value is -3.95. The molecule has 0 saturated heterocycles. The first-order valence-electron chi connectivity index (χ1n) is 15.8. The lowest BCUT2D eigenvalue weighted by Crippen LogP contribution is -2.52. The Morgan fingerprint density at radius 1 is 0.745 bits per heavy atom. The number of hydrogen-bond donors (Lipinski definition) is 3. The molecule has 2 atom stereocenters. The first-order valence-corrected chi connectivity index (χ1v) is 15.8. The highest BCUT2D eigenvalue weighted by Gasteiger charge is 2.23. The van der Waals surface area contributed by atoms with E-state index in [2.05, 4.69) is 30.7 Å². The molecule has 0 bridgehead atoms. The van der Waals surface area contributed by atoms with Gasteiger partial charge in [-0.25, -0.2) is 0 Å². The molecule has 0 radical (unpaired) electrons. The van der Waals surface area contributed by atoms with E-state index in [4.69, 9.17) is 40.5 Å². The fraction of sp³-hybridized carbons (Fsp3) is 0.700. The summed E-state index contributed by atoms with van der Waals surface area (Å²) in [6.07, 6.45) is 3.28. The second kappa shape index (κ2) is 29.5. The number of ether oxygens (including phenoxy) is 5. The number of amides is 2. The van der Waals surface area contributed by atoms with Crippen molar-refractivity contribution in [1.29, 1.82) is 0 Å². The molecule has 1 aromatic rings. The maximum absolute atomic E-state index is 12.8. The summed E-state index contributed by atoms with van der Waals surface area (Å²) in [6.45, 7) is 3.80. The first kappa shape index (κ1) is 41.1. The number of hydrogen-bond acceptors (Lipinski definition) is 11. The van der Waals surface area contributed by atoms with Gasteiger partial charge in [0.1, 0.15) is 12.6 Å². The molecule has 0 aromatic heterocycles. The maximum atomic E-state index is 12.8. The van der Waals surface area contributed by atoms with Crippen LogP contribution in [0.1, 0.15) is 50.5 Å². The second-order valence-electron chi connectivity index (χ2n) is 10.2. The summed E-state index contributed by atoms with van der Waals surface area (Å²) in [4.78, 5) is 42.5. The zero-order chi connectivity index (χ0) is 34.2. The summed E-state index contributed by atoms with van der Waals surface area (Å²) in [5, 5.41) is 12.4. The number of nitrogens with one attached hydrogen (secondary N) is 2. The molecular formula is C30H49N9O8. The third-order valence-electron chi connectivity index (χ3n) is 6.48. The van der Waals surface area contributed by atoms with Crippen LogP contribution in [0.4, 0.5) is 0 Å². The standard InChI is InChI=1S/C30H49N9O8/c31-26(10-4-6-13-35-38-32)29(41)37-27(11-5-7-14-36-39-33)30(42)34-15-17-44-19-21-46-23-22-45-20-18-43-16-12-28(40)47-24-25-8-2-1-3-9-25/h1-3,8-9,26-27H,4-7,10-24,31H2,(H,34,42)(H,37,41)/t26-,27-/m0/s1. The smallest absolute Gasteiger partial charge is 0.308 e. The van der Waals surface area contributed by atoms with Crippen LogP contribution in [-0.4, -0.2) is 102 Å². The van der Waals surface area contributed by atoms with Crippen molar-refractivity contribution in [1.82, 2.24) is 10.6 Å². The number of carbonyl (C=O) groups excluding carboxylic acids is 3. The molecule has 0 fully saturated rings. The molecule has 0 saturated carbocycles. The monoisotopic (exact) mass is 663 g/mol. The Bertz CT molecular complexity index is 1090. The number of unbranched alkanes of at least 4 members (excludes halogenated alkanes) is 2. The van der Waals surface area contributed by atoms with Gasteiger partial charge in [-0.2, -0.15) is 0 Å². The lowest BCUT2D eigenvalue weighted by molar-refractivity contribution is -0.146. The lowest BCUT2D eigenvalue weighted by Gasteiger charge is -2.21. The predicted molar refractivity (Wildman–Crippen MR) is 173 cm³/mol. The Labute approximate surface area is 275 Å². The highest BCUT2D eigenvalue weighted by molar-refractivity contribution is 5.89. The molecule has 0 unspecified atom stereocenters. The van der Waals surface area contributed by atoms with Crippen molar-refractivity contribution in [2.24, 2.45) is 16.0 Å². The van der Waals surface area contributed by atoms with Gasteiger partial charge < -0.3 is 40.1 Å². The summed E-state index contributed by atoms with van der Waals surface area (Å²) in [7, 11) is 0. The van der Waals surface area contributed by atoms with Crippen molar-refractivity contribution in [3.05, 3.63) is 56.8 Å². The normalized spacial score (nSPS) is 11.9. The average Bonchev–Trinajstić information content (AvgIpc) is 3.08. The van der Waals surface area contributed by atoms with E-state index in [-0.39, 0.29) is 44.7 Å². The molecule has 47 heavy (non-hydrogen) atoms. The van der Waals surface area contributed by atoms with Gasteiger partial charge in [-0.15, -0.1) is 0 Å². The van der Waals surface area contributed by atoms with Crippen LogP contribution in [0.3, 0.4) is 0 Å². The lowest BCUT2D eigenvalue weighted by atomic mass is 10.1. The largest absolute Gasteiger partial charge is 0.461 e. The van der Waals surface area contributed by atoms with E-state index in [0.717, 1.165) is 5.56 Å². The Kier molecular flexibility index (Phi) is 25.7. The predicted octanol–water partition coefficient (Wildman–Crippen LogP) is 3.08. The fourth-order valence-electron chi connectivity index (χ4n) is 3.94. The molecule has 0 aliphatic carbocycles. The molecule has 17 heteroatoms. The molecule has 4 N–H and O–H groups in total. The number of nitrogens with two attached hydrogens (primary N) is 1. The molecular weight excluding hydrogens is 614 g/mol. The molecule has 17 nitrogen and oxygen atoms in total. The number of benzene rings is 1. The summed E-state index contributed by atoms with van der Waals surface area (Å²) in [5.41, 5.74) is 23.7. The quantitative estimate of drug-likeness (QED) is 0.0359. The Morgan fingerprint density at radius 2 is 1.30 bits per heavy atom. The molecule has 0 aliphatic rings. The number of rotatable bonds is 30. The number of esters is 1. The highest BCUT2D eigenvalue weighted by atomic mass is 16.6. The third-order valence-corrected chi connectivity index (χ3v) is 6.48. The van der Waals surface area contributed by atoms with Gasteiger partial charge in [0.25, 0.3) is 0 Å². The fourth-order valence-corrected chi connectivity index (χ4v) is 3.94. The minimum atomic E-state index is -0.797. The zero-order valence-corrected chi connectivity index (χ0v) is 27.0. The van der Waals surface area contributed by atoms with Gasteiger partial charge in [-0.1, -0.05) is 53.4 Å². The van der Waals surface area contributed by atoms with E-state index in [1.165, 1.54) is 0 Å². The highest BCUT2D eigenvalue weighted by Crippen LogP contribution is 2.05. The number of carbonyl (C=O) groups is 3. The maximum Gasteiger partial charge on any atom is 0.308 e. The number of nitrogens with zero attached hydrogens (tertiary/aromatic N) is 6. The van der Waals surface area contributed by atoms with Crippen LogP contribution >= 0.6 is 0 Å². The van der Waals surface area contributed by atoms with Crippen LogP contribution in [0, 0.1) is 0 Å².